The Labute approximate surface area is 144 Å². The standard InChI is InChI=1S/C20H27NO3/c1-14(2)21(15(3)4)10-11-24-19-9-8-16-12-18(20(22)23-5)7-6-17(16)13-19/h6-9,12-15H,10-11H2,1-5H3. The molecular formula is C20H27NO3. The van der Waals surface area contributed by atoms with Gasteiger partial charge in [0.25, 0.3) is 0 Å². The minimum atomic E-state index is -0.320. The largest absolute Gasteiger partial charge is 0.492 e. The Morgan fingerprint density at radius 2 is 1.62 bits per heavy atom. The third kappa shape index (κ3) is 4.48. The highest BCUT2D eigenvalue weighted by Crippen LogP contribution is 2.22. The van der Waals surface area contributed by atoms with Crippen LogP contribution in [-0.4, -0.2) is 43.2 Å². The van der Waals surface area contributed by atoms with Crippen molar-refractivity contribution in [3.63, 3.8) is 0 Å². The molecule has 0 aliphatic heterocycles. The number of carbonyl (C=O) groups is 1. The van der Waals surface area contributed by atoms with Crippen molar-refractivity contribution in [2.24, 2.45) is 0 Å². The van der Waals surface area contributed by atoms with Crippen LogP contribution < -0.4 is 4.74 Å². The van der Waals surface area contributed by atoms with Gasteiger partial charge in [0, 0.05) is 18.6 Å². The van der Waals surface area contributed by atoms with Crippen molar-refractivity contribution in [3.8, 4) is 5.75 Å². The highest BCUT2D eigenvalue weighted by atomic mass is 16.5. The lowest BCUT2D eigenvalue weighted by Gasteiger charge is -2.30. The number of fused-ring (bicyclic) bond motifs is 1. The first-order valence-electron chi connectivity index (χ1n) is 8.43. The fourth-order valence-electron chi connectivity index (χ4n) is 2.94. The molecule has 2 aromatic carbocycles. The Morgan fingerprint density at radius 3 is 2.25 bits per heavy atom. The van der Waals surface area contributed by atoms with Crippen molar-refractivity contribution < 1.29 is 14.3 Å². The summed E-state index contributed by atoms with van der Waals surface area (Å²) in [7, 11) is 1.39. The van der Waals surface area contributed by atoms with E-state index in [4.69, 9.17) is 9.47 Å². The molecule has 0 fully saturated rings. The molecule has 0 N–H and O–H groups in total. The van der Waals surface area contributed by atoms with E-state index >= 15 is 0 Å². The third-order valence-corrected chi connectivity index (χ3v) is 4.18. The molecule has 0 spiro atoms. The molecule has 4 nitrogen and oxygen atoms in total. The van der Waals surface area contributed by atoms with Crippen molar-refractivity contribution in [1.82, 2.24) is 4.90 Å². The maximum absolute atomic E-state index is 11.6. The van der Waals surface area contributed by atoms with Crippen molar-refractivity contribution in [1.29, 1.82) is 0 Å². The Bertz CT molecular complexity index is 686. The Morgan fingerprint density at radius 1 is 1.00 bits per heavy atom. The van der Waals surface area contributed by atoms with Gasteiger partial charge in [-0.05, 0) is 62.7 Å². The molecular weight excluding hydrogens is 302 g/mol. The zero-order chi connectivity index (χ0) is 17.7. The van der Waals surface area contributed by atoms with Crippen LogP contribution in [0.3, 0.4) is 0 Å². The molecule has 2 aromatic rings. The van der Waals surface area contributed by atoms with Crippen LogP contribution in [0.2, 0.25) is 0 Å². The van der Waals surface area contributed by atoms with Crippen LogP contribution in [0.25, 0.3) is 10.8 Å². The number of benzene rings is 2. The summed E-state index contributed by atoms with van der Waals surface area (Å²) in [6.45, 7) is 10.4. The molecule has 0 amide bonds. The molecule has 0 aliphatic rings. The highest BCUT2D eigenvalue weighted by Gasteiger charge is 2.13. The molecule has 0 saturated carbocycles. The van der Waals surface area contributed by atoms with E-state index in [1.807, 2.05) is 30.3 Å². The second-order valence-corrected chi connectivity index (χ2v) is 6.49. The average molecular weight is 329 g/mol. The molecule has 0 aromatic heterocycles. The summed E-state index contributed by atoms with van der Waals surface area (Å²) in [5.41, 5.74) is 0.558. The first-order chi connectivity index (χ1) is 11.4. The van der Waals surface area contributed by atoms with Gasteiger partial charge < -0.3 is 9.47 Å². The highest BCUT2D eigenvalue weighted by molar-refractivity contribution is 5.95. The van der Waals surface area contributed by atoms with Gasteiger partial charge in [0.15, 0.2) is 0 Å². The monoisotopic (exact) mass is 329 g/mol. The molecule has 0 radical (unpaired) electrons. The van der Waals surface area contributed by atoms with Gasteiger partial charge in [0.05, 0.1) is 12.7 Å². The average Bonchev–Trinajstić information content (AvgIpc) is 2.56. The molecule has 0 aliphatic carbocycles. The Kier molecular flexibility index (Phi) is 6.21. The van der Waals surface area contributed by atoms with Crippen LogP contribution >= 0.6 is 0 Å². The zero-order valence-corrected chi connectivity index (χ0v) is 15.2. The molecule has 0 atom stereocenters. The number of ether oxygens (including phenoxy) is 2. The van der Waals surface area contributed by atoms with E-state index in [0.29, 0.717) is 24.3 Å². The number of methoxy groups -OCH3 is 1. The maximum atomic E-state index is 11.6. The smallest absolute Gasteiger partial charge is 0.337 e. The lowest BCUT2D eigenvalue weighted by atomic mass is 10.1. The van der Waals surface area contributed by atoms with Gasteiger partial charge in [-0.15, -0.1) is 0 Å². The Hall–Kier alpha value is -2.07. The predicted octanol–water partition coefficient (Wildman–Crippen LogP) is 4.12. The SMILES string of the molecule is COC(=O)c1ccc2cc(OCCN(C(C)C)C(C)C)ccc2c1. The summed E-state index contributed by atoms with van der Waals surface area (Å²) in [5, 5.41) is 2.04. The number of hydrogen-bond donors (Lipinski definition) is 0. The van der Waals surface area contributed by atoms with Gasteiger partial charge in [0.1, 0.15) is 12.4 Å². The second-order valence-electron chi connectivity index (χ2n) is 6.49. The van der Waals surface area contributed by atoms with E-state index in [-0.39, 0.29) is 5.97 Å². The molecule has 0 saturated heterocycles. The quantitative estimate of drug-likeness (QED) is 0.716. The van der Waals surface area contributed by atoms with E-state index in [1.165, 1.54) is 7.11 Å². The summed E-state index contributed by atoms with van der Waals surface area (Å²) < 4.78 is 10.7. The van der Waals surface area contributed by atoms with Crippen LogP contribution in [0, 0.1) is 0 Å². The first-order valence-corrected chi connectivity index (χ1v) is 8.43. The molecule has 4 heteroatoms. The summed E-state index contributed by atoms with van der Waals surface area (Å²) in [6.07, 6.45) is 0. The maximum Gasteiger partial charge on any atom is 0.337 e. The molecule has 24 heavy (non-hydrogen) atoms. The van der Waals surface area contributed by atoms with Gasteiger partial charge in [-0.25, -0.2) is 4.79 Å². The van der Waals surface area contributed by atoms with E-state index in [1.54, 1.807) is 6.07 Å². The van der Waals surface area contributed by atoms with E-state index in [0.717, 1.165) is 23.1 Å². The van der Waals surface area contributed by atoms with Crippen LogP contribution in [-0.2, 0) is 4.74 Å². The molecule has 130 valence electrons. The van der Waals surface area contributed by atoms with E-state index in [9.17, 15) is 4.79 Å². The second kappa shape index (κ2) is 8.15. The minimum Gasteiger partial charge on any atom is -0.492 e. The van der Waals surface area contributed by atoms with Crippen molar-refractivity contribution >= 4 is 16.7 Å². The van der Waals surface area contributed by atoms with Gasteiger partial charge >= 0.3 is 5.97 Å². The lowest BCUT2D eigenvalue weighted by Crippen LogP contribution is -2.39. The summed E-state index contributed by atoms with van der Waals surface area (Å²) in [4.78, 5) is 14.0. The van der Waals surface area contributed by atoms with Crippen LogP contribution in [0.5, 0.6) is 5.75 Å². The van der Waals surface area contributed by atoms with Crippen molar-refractivity contribution in [3.05, 3.63) is 42.0 Å². The van der Waals surface area contributed by atoms with Crippen LogP contribution in [0.1, 0.15) is 38.1 Å². The topological polar surface area (TPSA) is 38.8 Å². The summed E-state index contributed by atoms with van der Waals surface area (Å²) in [6, 6.07) is 12.5. The molecule has 2 rings (SSSR count). The molecule has 0 bridgehead atoms. The predicted molar refractivity (Wildman–Crippen MR) is 97.8 cm³/mol. The first kappa shape index (κ1) is 18.3. The molecule has 0 heterocycles. The zero-order valence-electron chi connectivity index (χ0n) is 15.2. The van der Waals surface area contributed by atoms with E-state index < -0.39 is 0 Å². The fourth-order valence-corrected chi connectivity index (χ4v) is 2.94. The van der Waals surface area contributed by atoms with E-state index in [2.05, 4.69) is 32.6 Å². The third-order valence-electron chi connectivity index (χ3n) is 4.18. The number of hydrogen-bond acceptors (Lipinski definition) is 4. The van der Waals surface area contributed by atoms with Crippen molar-refractivity contribution in [2.75, 3.05) is 20.3 Å². The van der Waals surface area contributed by atoms with Crippen molar-refractivity contribution in [2.45, 2.75) is 39.8 Å². The van der Waals surface area contributed by atoms with Gasteiger partial charge in [0.2, 0.25) is 0 Å². The van der Waals surface area contributed by atoms with Gasteiger partial charge in [-0.2, -0.15) is 0 Å². The fraction of sp³-hybridized carbons (Fsp3) is 0.450. The normalized spacial score (nSPS) is 11.5. The Balaban J connectivity index is 2.04. The van der Waals surface area contributed by atoms with Gasteiger partial charge in [-0.1, -0.05) is 12.1 Å². The van der Waals surface area contributed by atoms with Crippen LogP contribution in [0.15, 0.2) is 36.4 Å². The number of nitrogens with zero attached hydrogens (tertiary/aromatic N) is 1. The molecule has 0 unspecified atom stereocenters. The lowest BCUT2D eigenvalue weighted by molar-refractivity contribution is 0.0601. The number of carbonyl (C=O) groups excluding carboxylic acids is 1. The summed E-state index contributed by atoms with van der Waals surface area (Å²) in [5.74, 6) is 0.528. The van der Waals surface area contributed by atoms with Gasteiger partial charge in [-0.3, -0.25) is 4.90 Å². The number of rotatable bonds is 7. The summed E-state index contributed by atoms with van der Waals surface area (Å²) >= 11 is 0. The van der Waals surface area contributed by atoms with Crippen LogP contribution in [0.4, 0.5) is 0 Å². The minimum absolute atomic E-state index is 0.320. The number of esters is 1.